The predicted octanol–water partition coefficient (Wildman–Crippen LogP) is 5.33. The molecule has 29 heavy (non-hydrogen) atoms. The molecular formula is C23H30BrNO4. The number of para-hydroxylation sites is 1. The Labute approximate surface area is 180 Å². The highest BCUT2D eigenvalue weighted by Gasteiger charge is 2.45. The third kappa shape index (κ3) is 5.03. The quantitative estimate of drug-likeness (QED) is 0.446. The zero-order chi connectivity index (χ0) is 21.0. The molecular weight excluding hydrogens is 434 g/mol. The van der Waals surface area contributed by atoms with E-state index in [9.17, 15) is 9.59 Å². The summed E-state index contributed by atoms with van der Waals surface area (Å²) in [7, 11) is 0. The van der Waals surface area contributed by atoms with E-state index in [1.54, 1.807) is 0 Å². The number of rotatable bonds is 10. The molecule has 0 saturated heterocycles. The van der Waals surface area contributed by atoms with Crippen molar-refractivity contribution in [1.82, 2.24) is 4.57 Å². The Bertz CT molecular complexity index is 898. The van der Waals surface area contributed by atoms with Crippen LogP contribution in [-0.4, -0.2) is 29.7 Å². The lowest BCUT2D eigenvalue weighted by Gasteiger charge is -2.18. The SMILES string of the molecule is CCOC(=O)CCCc1c(C)n(CC2(CC(=O)OCC)CC2)c2c(Br)cccc12. The molecule has 1 fully saturated rings. The molecule has 0 radical (unpaired) electrons. The van der Waals surface area contributed by atoms with Gasteiger partial charge in [-0.25, -0.2) is 0 Å². The van der Waals surface area contributed by atoms with Crippen molar-refractivity contribution >= 4 is 38.8 Å². The highest BCUT2D eigenvalue weighted by Crippen LogP contribution is 2.51. The van der Waals surface area contributed by atoms with Gasteiger partial charge in [0.05, 0.1) is 25.2 Å². The topological polar surface area (TPSA) is 57.5 Å². The summed E-state index contributed by atoms with van der Waals surface area (Å²) in [6.45, 7) is 7.49. The average molecular weight is 464 g/mol. The van der Waals surface area contributed by atoms with Crippen molar-refractivity contribution in [3.05, 3.63) is 33.9 Å². The summed E-state index contributed by atoms with van der Waals surface area (Å²) in [6, 6.07) is 6.26. The second-order valence-corrected chi connectivity index (χ2v) is 8.78. The minimum Gasteiger partial charge on any atom is -0.466 e. The smallest absolute Gasteiger partial charge is 0.306 e. The van der Waals surface area contributed by atoms with Crippen LogP contribution in [0.4, 0.5) is 0 Å². The van der Waals surface area contributed by atoms with Gasteiger partial charge >= 0.3 is 11.9 Å². The number of ether oxygens (including phenoxy) is 2. The molecule has 1 saturated carbocycles. The van der Waals surface area contributed by atoms with Crippen LogP contribution in [0.25, 0.3) is 10.9 Å². The van der Waals surface area contributed by atoms with E-state index in [-0.39, 0.29) is 17.4 Å². The average Bonchev–Trinajstić information content (AvgIpc) is 3.36. The van der Waals surface area contributed by atoms with Crippen molar-refractivity contribution in [1.29, 1.82) is 0 Å². The van der Waals surface area contributed by atoms with E-state index in [0.717, 1.165) is 36.7 Å². The number of hydrogen-bond acceptors (Lipinski definition) is 4. The molecule has 0 atom stereocenters. The third-order valence-corrected chi connectivity index (χ3v) is 6.45. The number of aryl methyl sites for hydroxylation is 1. The van der Waals surface area contributed by atoms with Crippen LogP contribution in [0.2, 0.25) is 0 Å². The molecule has 2 aromatic rings. The maximum atomic E-state index is 12.1. The van der Waals surface area contributed by atoms with Crippen LogP contribution in [0.15, 0.2) is 22.7 Å². The number of carbonyl (C=O) groups excluding carboxylic acids is 2. The summed E-state index contributed by atoms with van der Waals surface area (Å²) in [5.74, 6) is -0.241. The number of halogens is 1. The van der Waals surface area contributed by atoms with Crippen LogP contribution in [0.3, 0.4) is 0 Å². The van der Waals surface area contributed by atoms with E-state index in [1.807, 2.05) is 13.8 Å². The minimum atomic E-state index is -0.138. The van der Waals surface area contributed by atoms with Crippen LogP contribution in [-0.2, 0) is 32.0 Å². The Hall–Kier alpha value is -1.82. The van der Waals surface area contributed by atoms with E-state index in [1.165, 1.54) is 22.2 Å². The normalized spacial score (nSPS) is 14.8. The summed E-state index contributed by atoms with van der Waals surface area (Å²) in [6.07, 6.45) is 4.60. The zero-order valence-corrected chi connectivity index (χ0v) is 19.1. The third-order valence-electron chi connectivity index (χ3n) is 5.81. The van der Waals surface area contributed by atoms with E-state index in [0.29, 0.717) is 26.1 Å². The molecule has 3 rings (SSSR count). The van der Waals surface area contributed by atoms with Gasteiger partial charge in [-0.1, -0.05) is 12.1 Å². The number of carbonyl (C=O) groups is 2. The van der Waals surface area contributed by atoms with Gasteiger partial charge in [-0.3, -0.25) is 9.59 Å². The Kier molecular flexibility index (Phi) is 7.04. The van der Waals surface area contributed by atoms with Crippen molar-refractivity contribution in [3.8, 4) is 0 Å². The Balaban J connectivity index is 1.85. The van der Waals surface area contributed by atoms with E-state index in [2.05, 4.69) is 45.6 Å². The van der Waals surface area contributed by atoms with E-state index < -0.39 is 0 Å². The first-order chi connectivity index (χ1) is 13.9. The fourth-order valence-electron chi connectivity index (χ4n) is 4.14. The molecule has 1 heterocycles. The molecule has 6 heteroatoms. The van der Waals surface area contributed by atoms with Crippen LogP contribution in [0.5, 0.6) is 0 Å². The molecule has 0 unspecified atom stereocenters. The van der Waals surface area contributed by atoms with Gasteiger partial charge in [0, 0.05) is 28.5 Å². The summed E-state index contributed by atoms with van der Waals surface area (Å²) >= 11 is 3.72. The maximum absolute atomic E-state index is 12.1. The molecule has 0 N–H and O–H groups in total. The molecule has 1 aliphatic rings. The van der Waals surface area contributed by atoms with E-state index in [4.69, 9.17) is 9.47 Å². The second kappa shape index (κ2) is 9.33. The fraction of sp³-hybridized carbons (Fsp3) is 0.565. The van der Waals surface area contributed by atoms with Crippen molar-refractivity contribution in [2.45, 2.75) is 65.8 Å². The highest BCUT2D eigenvalue weighted by atomic mass is 79.9. The predicted molar refractivity (Wildman–Crippen MR) is 117 cm³/mol. The van der Waals surface area contributed by atoms with Gasteiger partial charge in [-0.05, 0) is 79.4 Å². The maximum Gasteiger partial charge on any atom is 0.306 e. The van der Waals surface area contributed by atoms with Crippen LogP contribution < -0.4 is 0 Å². The van der Waals surface area contributed by atoms with Gasteiger partial charge < -0.3 is 14.0 Å². The van der Waals surface area contributed by atoms with E-state index >= 15 is 0 Å². The molecule has 0 spiro atoms. The molecule has 0 aliphatic heterocycles. The minimum absolute atomic E-state index is 0.000443. The number of nitrogens with zero attached hydrogens (tertiary/aromatic N) is 1. The number of hydrogen-bond donors (Lipinski definition) is 0. The van der Waals surface area contributed by atoms with Crippen molar-refractivity contribution < 1.29 is 19.1 Å². The first-order valence-corrected chi connectivity index (χ1v) is 11.3. The van der Waals surface area contributed by atoms with Gasteiger partial charge in [0.15, 0.2) is 0 Å². The lowest BCUT2D eigenvalue weighted by molar-refractivity contribution is -0.145. The molecule has 5 nitrogen and oxygen atoms in total. The number of aromatic nitrogens is 1. The summed E-state index contributed by atoms with van der Waals surface area (Å²) < 4.78 is 13.7. The van der Waals surface area contributed by atoms with Crippen LogP contribution >= 0.6 is 15.9 Å². The number of esters is 2. The second-order valence-electron chi connectivity index (χ2n) is 7.93. The zero-order valence-electron chi connectivity index (χ0n) is 17.6. The number of fused-ring (bicyclic) bond motifs is 1. The lowest BCUT2D eigenvalue weighted by atomic mass is 10.0. The first-order valence-electron chi connectivity index (χ1n) is 10.5. The lowest BCUT2D eigenvalue weighted by Crippen LogP contribution is -2.18. The molecule has 1 aromatic heterocycles. The van der Waals surface area contributed by atoms with Gasteiger partial charge in [-0.2, -0.15) is 0 Å². The summed E-state index contributed by atoms with van der Waals surface area (Å²) in [4.78, 5) is 23.8. The van der Waals surface area contributed by atoms with Crippen molar-refractivity contribution in [2.75, 3.05) is 13.2 Å². The van der Waals surface area contributed by atoms with Gasteiger partial charge in [0.25, 0.3) is 0 Å². The highest BCUT2D eigenvalue weighted by molar-refractivity contribution is 9.10. The van der Waals surface area contributed by atoms with Crippen LogP contribution in [0.1, 0.15) is 57.2 Å². The monoisotopic (exact) mass is 463 g/mol. The molecule has 158 valence electrons. The van der Waals surface area contributed by atoms with Crippen molar-refractivity contribution in [2.24, 2.45) is 5.41 Å². The standard InChI is InChI=1S/C23H30BrNO4/c1-4-28-20(26)11-7-8-17-16(3)25(22-18(17)9-6-10-19(22)24)15-23(12-13-23)14-21(27)29-5-2/h6,9-10H,4-5,7-8,11-15H2,1-3H3. The Morgan fingerprint density at radius 3 is 2.48 bits per heavy atom. The molecule has 1 aromatic carbocycles. The van der Waals surface area contributed by atoms with Gasteiger partial charge in [-0.15, -0.1) is 0 Å². The number of benzene rings is 1. The van der Waals surface area contributed by atoms with Gasteiger partial charge in [0.2, 0.25) is 0 Å². The summed E-state index contributed by atoms with van der Waals surface area (Å²) in [5, 5.41) is 1.22. The molecule has 1 aliphatic carbocycles. The first kappa shape index (κ1) is 21.9. The fourth-order valence-corrected chi connectivity index (χ4v) is 4.72. The Morgan fingerprint density at radius 2 is 1.83 bits per heavy atom. The van der Waals surface area contributed by atoms with Crippen molar-refractivity contribution in [3.63, 3.8) is 0 Å². The van der Waals surface area contributed by atoms with Gasteiger partial charge in [0.1, 0.15) is 0 Å². The molecule has 0 amide bonds. The van der Waals surface area contributed by atoms with Crippen LogP contribution in [0, 0.1) is 12.3 Å². The largest absolute Gasteiger partial charge is 0.466 e. The Morgan fingerprint density at radius 1 is 1.14 bits per heavy atom. The summed E-state index contributed by atoms with van der Waals surface area (Å²) in [5.41, 5.74) is 3.66. The molecule has 0 bridgehead atoms.